The maximum absolute atomic E-state index is 5.69. The summed E-state index contributed by atoms with van der Waals surface area (Å²) < 4.78 is 0. The molecule has 1 aliphatic heterocycles. The van der Waals surface area contributed by atoms with Crippen molar-refractivity contribution in [3.05, 3.63) is 0 Å². The molecule has 72 valence electrons. The van der Waals surface area contributed by atoms with Gasteiger partial charge in [-0.2, -0.15) is 0 Å². The summed E-state index contributed by atoms with van der Waals surface area (Å²) in [4.78, 5) is 2.60. The zero-order chi connectivity index (χ0) is 8.97. The number of nitrogens with zero attached hydrogens (tertiary/aromatic N) is 1. The number of piperidine rings is 1. The van der Waals surface area contributed by atoms with Crippen molar-refractivity contribution in [2.75, 3.05) is 12.4 Å². The maximum atomic E-state index is 5.69. The average Bonchev–Trinajstić information content (AvgIpc) is 2.04. The van der Waals surface area contributed by atoms with E-state index in [0.717, 1.165) is 24.4 Å². The largest absolute Gasteiger partial charge is 0.298 e. The molecular formula is C10H20ClN. The van der Waals surface area contributed by atoms with Crippen LogP contribution in [-0.4, -0.2) is 29.4 Å². The summed E-state index contributed by atoms with van der Waals surface area (Å²) in [5, 5.41) is 0. The van der Waals surface area contributed by atoms with Gasteiger partial charge in [0.25, 0.3) is 0 Å². The van der Waals surface area contributed by atoms with Gasteiger partial charge in [0, 0.05) is 18.0 Å². The molecule has 0 unspecified atom stereocenters. The highest BCUT2D eigenvalue weighted by Crippen LogP contribution is 2.22. The molecule has 0 N–H and O–H groups in total. The molecule has 0 bridgehead atoms. The van der Waals surface area contributed by atoms with Gasteiger partial charge in [0.2, 0.25) is 0 Å². The fourth-order valence-electron chi connectivity index (χ4n) is 2.16. The lowest BCUT2D eigenvalue weighted by molar-refractivity contribution is 0.104. The van der Waals surface area contributed by atoms with Gasteiger partial charge in [-0.1, -0.05) is 6.42 Å². The van der Waals surface area contributed by atoms with Crippen LogP contribution in [0, 0.1) is 0 Å². The second kappa shape index (κ2) is 5.08. The van der Waals surface area contributed by atoms with Gasteiger partial charge in [0.15, 0.2) is 0 Å². The summed E-state index contributed by atoms with van der Waals surface area (Å²) >= 11 is 5.69. The van der Waals surface area contributed by atoms with Crippen LogP contribution < -0.4 is 0 Å². The van der Waals surface area contributed by atoms with Crippen molar-refractivity contribution in [1.29, 1.82) is 0 Å². The minimum absolute atomic E-state index is 0.775. The maximum Gasteiger partial charge on any atom is 0.0235 e. The molecule has 1 heterocycles. The number of rotatable bonds is 3. The summed E-state index contributed by atoms with van der Waals surface area (Å²) in [6, 6.07) is 1.55. The molecule has 0 spiro atoms. The summed E-state index contributed by atoms with van der Waals surface area (Å²) in [5.41, 5.74) is 0. The second-order valence-corrected chi connectivity index (χ2v) is 4.29. The molecular weight excluding hydrogens is 170 g/mol. The van der Waals surface area contributed by atoms with E-state index in [1.54, 1.807) is 0 Å². The number of alkyl halides is 1. The van der Waals surface area contributed by atoms with Crippen molar-refractivity contribution < 1.29 is 0 Å². The Kier molecular flexibility index (Phi) is 4.38. The topological polar surface area (TPSA) is 3.24 Å². The van der Waals surface area contributed by atoms with E-state index in [0.29, 0.717) is 0 Å². The van der Waals surface area contributed by atoms with Gasteiger partial charge < -0.3 is 0 Å². The Hall–Kier alpha value is 0.250. The van der Waals surface area contributed by atoms with Crippen molar-refractivity contribution in [2.24, 2.45) is 0 Å². The third kappa shape index (κ3) is 2.63. The van der Waals surface area contributed by atoms with Crippen molar-refractivity contribution >= 4 is 11.6 Å². The number of hydrogen-bond acceptors (Lipinski definition) is 1. The lowest BCUT2D eigenvalue weighted by atomic mass is 9.97. The van der Waals surface area contributed by atoms with E-state index < -0.39 is 0 Å². The molecule has 0 aliphatic carbocycles. The van der Waals surface area contributed by atoms with Crippen LogP contribution in [0.5, 0.6) is 0 Å². The Balaban J connectivity index is 2.34. The molecule has 0 aromatic carbocycles. The van der Waals surface area contributed by atoms with Crippen LogP contribution in [0.25, 0.3) is 0 Å². The highest BCUT2D eigenvalue weighted by Gasteiger charge is 2.23. The van der Waals surface area contributed by atoms with Gasteiger partial charge in [-0.05, 0) is 39.7 Å². The van der Waals surface area contributed by atoms with E-state index in [-0.39, 0.29) is 0 Å². The first-order chi connectivity index (χ1) is 5.75. The van der Waals surface area contributed by atoms with E-state index in [2.05, 4.69) is 18.7 Å². The highest BCUT2D eigenvalue weighted by molar-refractivity contribution is 6.17. The van der Waals surface area contributed by atoms with Gasteiger partial charge in [-0.3, -0.25) is 4.90 Å². The first-order valence-electron chi connectivity index (χ1n) is 5.07. The van der Waals surface area contributed by atoms with Gasteiger partial charge in [0.05, 0.1) is 0 Å². The summed E-state index contributed by atoms with van der Waals surface area (Å²) in [6.45, 7) is 5.86. The van der Waals surface area contributed by atoms with Crippen LogP contribution in [0.4, 0.5) is 0 Å². The van der Waals surface area contributed by atoms with Gasteiger partial charge in [0.1, 0.15) is 0 Å². The lowest BCUT2D eigenvalue weighted by Crippen LogP contribution is -2.44. The molecule has 1 aliphatic rings. The minimum Gasteiger partial charge on any atom is -0.298 e. The van der Waals surface area contributed by atoms with E-state index in [9.17, 15) is 0 Å². The fourth-order valence-corrected chi connectivity index (χ4v) is 2.28. The predicted octanol–water partition coefficient (Wildman–Crippen LogP) is 2.88. The van der Waals surface area contributed by atoms with Crippen molar-refractivity contribution in [3.8, 4) is 0 Å². The molecule has 0 aromatic heterocycles. The van der Waals surface area contributed by atoms with Crippen molar-refractivity contribution in [1.82, 2.24) is 4.90 Å². The zero-order valence-electron chi connectivity index (χ0n) is 8.22. The Morgan fingerprint density at radius 1 is 1.25 bits per heavy atom. The van der Waals surface area contributed by atoms with E-state index >= 15 is 0 Å². The quantitative estimate of drug-likeness (QED) is 0.618. The molecule has 0 amide bonds. The third-order valence-corrected chi connectivity index (χ3v) is 3.19. The molecule has 0 saturated carbocycles. The first kappa shape index (κ1) is 10.3. The van der Waals surface area contributed by atoms with Crippen LogP contribution >= 0.6 is 11.6 Å². The zero-order valence-corrected chi connectivity index (χ0v) is 8.98. The van der Waals surface area contributed by atoms with E-state index in [1.807, 2.05) is 0 Å². The van der Waals surface area contributed by atoms with Crippen LogP contribution in [0.3, 0.4) is 0 Å². The van der Waals surface area contributed by atoms with Crippen molar-refractivity contribution in [2.45, 2.75) is 51.6 Å². The molecule has 2 atom stereocenters. The van der Waals surface area contributed by atoms with Crippen LogP contribution in [0.2, 0.25) is 0 Å². The average molecular weight is 190 g/mol. The molecule has 1 saturated heterocycles. The SMILES string of the molecule is C[C@@H]1CCC[C@@H](C)N1CCCCl. The molecule has 2 heteroatoms. The highest BCUT2D eigenvalue weighted by atomic mass is 35.5. The molecule has 0 radical (unpaired) electrons. The van der Waals surface area contributed by atoms with E-state index in [1.165, 1.54) is 25.8 Å². The van der Waals surface area contributed by atoms with Crippen LogP contribution in [0.1, 0.15) is 39.5 Å². The standard InChI is InChI=1S/C10H20ClN/c1-9-5-3-6-10(2)12(9)8-4-7-11/h9-10H,3-8H2,1-2H3/t9-,10-/m1/s1. The second-order valence-electron chi connectivity index (χ2n) is 3.91. The molecule has 1 fully saturated rings. The third-order valence-electron chi connectivity index (χ3n) is 2.93. The molecule has 0 aromatic rings. The van der Waals surface area contributed by atoms with Crippen LogP contribution in [0.15, 0.2) is 0 Å². The van der Waals surface area contributed by atoms with Gasteiger partial charge in [-0.25, -0.2) is 0 Å². The fraction of sp³-hybridized carbons (Fsp3) is 1.00. The smallest absolute Gasteiger partial charge is 0.0235 e. The number of halogens is 1. The van der Waals surface area contributed by atoms with Gasteiger partial charge in [-0.15, -0.1) is 11.6 Å². The Morgan fingerprint density at radius 3 is 2.33 bits per heavy atom. The Bertz CT molecular complexity index is 117. The minimum atomic E-state index is 0.775. The molecule has 1 rings (SSSR count). The van der Waals surface area contributed by atoms with Gasteiger partial charge >= 0.3 is 0 Å². The summed E-state index contributed by atoms with van der Waals surface area (Å²) in [7, 11) is 0. The normalized spacial score (nSPS) is 32.2. The van der Waals surface area contributed by atoms with Crippen LogP contribution in [-0.2, 0) is 0 Å². The molecule has 1 nitrogen and oxygen atoms in total. The molecule has 12 heavy (non-hydrogen) atoms. The first-order valence-corrected chi connectivity index (χ1v) is 5.61. The number of likely N-dealkylation sites (tertiary alicyclic amines) is 1. The van der Waals surface area contributed by atoms with Crippen molar-refractivity contribution in [3.63, 3.8) is 0 Å². The van der Waals surface area contributed by atoms with E-state index in [4.69, 9.17) is 11.6 Å². The monoisotopic (exact) mass is 189 g/mol. The predicted molar refractivity (Wildman–Crippen MR) is 54.8 cm³/mol. The Labute approximate surface area is 81.1 Å². The summed E-state index contributed by atoms with van der Waals surface area (Å²) in [5.74, 6) is 0.802. The summed E-state index contributed by atoms with van der Waals surface area (Å²) in [6.07, 6.45) is 5.27. The lowest BCUT2D eigenvalue weighted by Gasteiger charge is -2.38. The number of hydrogen-bond donors (Lipinski definition) is 0. The Morgan fingerprint density at radius 2 is 1.83 bits per heavy atom.